The van der Waals surface area contributed by atoms with E-state index < -0.39 is 0 Å². The van der Waals surface area contributed by atoms with Crippen LogP contribution < -0.4 is 0 Å². The summed E-state index contributed by atoms with van der Waals surface area (Å²) in [7, 11) is 0. The van der Waals surface area contributed by atoms with Crippen molar-refractivity contribution < 1.29 is 4.74 Å². The van der Waals surface area contributed by atoms with Gasteiger partial charge in [-0.3, -0.25) is 0 Å². The van der Waals surface area contributed by atoms with E-state index in [9.17, 15) is 0 Å². The molecule has 0 saturated carbocycles. The van der Waals surface area contributed by atoms with Crippen molar-refractivity contribution in [1.82, 2.24) is 0 Å². The van der Waals surface area contributed by atoms with Crippen LogP contribution in [-0.4, -0.2) is 11.4 Å². The Morgan fingerprint density at radius 2 is 1.85 bits per heavy atom. The molecule has 0 amide bonds. The van der Waals surface area contributed by atoms with Crippen LogP contribution in [0.1, 0.15) is 12.0 Å². The summed E-state index contributed by atoms with van der Waals surface area (Å²) in [6.07, 6.45) is 0.677. The molecule has 0 aliphatic heterocycles. The molecule has 0 bridgehead atoms. The summed E-state index contributed by atoms with van der Waals surface area (Å²) < 4.78 is 5.36. The van der Waals surface area contributed by atoms with Gasteiger partial charge in [0.15, 0.2) is 0 Å². The number of hydrogen-bond donors (Lipinski definition) is 0. The van der Waals surface area contributed by atoms with Gasteiger partial charge in [-0.25, -0.2) is 0 Å². The summed E-state index contributed by atoms with van der Waals surface area (Å²) >= 11 is 11.1. The SMILES string of the molecule is ClC(Cl)CCOCc1ccccc1. The van der Waals surface area contributed by atoms with Gasteiger partial charge in [0.05, 0.1) is 6.61 Å². The molecule has 1 aromatic rings. The fourth-order valence-corrected chi connectivity index (χ4v) is 1.11. The predicted octanol–water partition coefficient (Wildman–Crippen LogP) is 3.40. The van der Waals surface area contributed by atoms with Gasteiger partial charge in [-0.15, -0.1) is 23.2 Å². The van der Waals surface area contributed by atoms with E-state index >= 15 is 0 Å². The third kappa shape index (κ3) is 5.14. The van der Waals surface area contributed by atoms with Gasteiger partial charge in [-0.05, 0) is 5.56 Å². The molecule has 13 heavy (non-hydrogen) atoms. The summed E-state index contributed by atoms with van der Waals surface area (Å²) in [6, 6.07) is 10.0. The van der Waals surface area contributed by atoms with Gasteiger partial charge < -0.3 is 4.74 Å². The normalized spacial score (nSPS) is 10.7. The number of halogens is 2. The van der Waals surface area contributed by atoms with Crippen LogP contribution in [0.3, 0.4) is 0 Å². The van der Waals surface area contributed by atoms with E-state index in [2.05, 4.69) is 0 Å². The lowest BCUT2D eigenvalue weighted by atomic mass is 10.2. The van der Waals surface area contributed by atoms with Crippen LogP contribution in [-0.2, 0) is 11.3 Å². The third-order valence-corrected chi connectivity index (χ3v) is 2.03. The lowest BCUT2D eigenvalue weighted by Gasteiger charge is -2.04. The highest BCUT2D eigenvalue weighted by Crippen LogP contribution is 2.07. The Morgan fingerprint density at radius 1 is 1.15 bits per heavy atom. The Morgan fingerprint density at radius 3 is 2.46 bits per heavy atom. The van der Waals surface area contributed by atoms with Crippen molar-refractivity contribution >= 4 is 23.2 Å². The van der Waals surface area contributed by atoms with Crippen LogP contribution in [0.15, 0.2) is 30.3 Å². The number of ether oxygens (including phenoxy) is 1. The van der Waals surface area contributed by atoms with E-state index in [0.29, 0.717) is 19.6 Å². The topological polar surface area (TPSA) is 9.23 Å². The minimum atomic E-state index is -0.323. The first-order chi connectivity index (χ1) is 6.29. The van der Waals surface area contributed by atoms with Crippen LogP contribution >= 0.6 is 23.2 Å². The molecule has 72 valence electrons. The molecule has 1 rings (SSSR count). The molecule has 0 aromatic heterocycles. The molecule has 0 unspecified atom stereocenters. The maximum Gasteiger partial charge on any atom is 0.110 e. The molecule has 0 saturated heterocycles. The Kier molecular flexibility index (Phi) is 5.21. The minimum Gasteiger partial charge on any atom is -0.377 e. The fourth-order valence-electron chi connectivity index (χ4n) is 0.937. The van der Waals surface area contributed by atoms with Crippen LogP contribution in [0.25, 0.3) is 0 Å². The molecule has 0 aliphatic carbocycles. The summed E-state index contributed by atoms with van der Waals surface area (Å²) in [5, 5.41) is 0. The first-order valence-electron chi connectivity index (χ1n) is 4.19. The third-order valence-electron chi connectivity index (χ3n) is 1.59. The maximum absolute atomic E-state index is 5.54. The van der Waals surface area contributed by atoms with Crippen molar-refractivity contribution in [3.05, 3.63) is 35.9 Å². The molecule has 0 spiro atoms. The van der Waals surface area contributed by atoms with E-state index in [0.717, 1.165) is 0 Å². The van der Waals surface area contributed by atoms with Crippen molar-refractivity contribution in [2.45, 2.75) is 17.9 Å². The second-order valence-corrected chi connectivity index (χ2v) is 3.99. The van der Waals surface area contributed by atoms with Crippen molar-refractivity contribution in [3.8, 4) is 0 Å². The molecule has 3 heteroatoms. The van der Waals surface area contributed by atoms with Crippen molar-refractivity contribution in [1.29, 1.82) is 0 Å². The van der Waals surface area contributed by atoms with Gasteiger partial charge in [-0.1, -0.05) is 30.3 Å². The second kappa shape index (κ2) is 6.25. The van der Waals surface area contributed by atoms with Crippen LogP contribution in [0.2, 0.25) is 0 Å². The highest BCUT2D eigenvalue weighted by Gasteiger charge is 1.97. The second-order valence-electron chi connectivity index (χ2n) is 2.72. The number of hydrogen-bond acceptors (Lipinski definition) is 1. The molecule has 0 N–H and O–H groups in total. The van der Waals surface area contributed by atoms with Gasteiger partial charge >= 0.3 is 0 Å². The molecule has 0 aliphatic rings. The van der Waals surface area contributed by atoms with Crippen LogP contribution in [0, 0.1) is 0 Å². The highest BCUT2D eigenvalue weighted by atomic mass is 35.5. The zero-order valence-electron chi connectivity index (χ0n) is 7.25. The van der Waals surface area contributed by atoms with Crippen molar-refractivity contribution in [3.63, 3.8) is 0 Å². The lowest BCUT2D eigenvalue weighted by molar-refractivity contribution is 0.120. The van der Waals surface area contributed by atoms with Gasteiger partial charge in [0, 0.05) is 13.0 Å². The van der Waals surface area contributed by atoms with Gasteiger partial charge in [-0.2, -0.15) is 0 Å². The highest BCUT2D eigenvalue weighted by molar-refractivity contribution is 6.44. The average Bonchev–Trinajstić information content (AvgIpc) is 2.14. The standard InChI is InChI=1S/C10H12Cl2O/c11-10(12)6-7-13-8-9-4-2-1-3-5-9/h1-5,10H,6-8H2. The molecule has 1 nitrogen and oxygen atoms in total. The first kappa shape index (κ1) is 10.8. The Hall–Kier alpha value is -0.240. The Bertz CT molecular complexity index is 224. The monoisotopic (exact) mass is 218 g/mol. The zero-order chi connectivity index (χ0) is 9.52. The summed E-state index contributed by atoms with van der Waals surface area (Å²) in [4.78, 5) is -0.323. The fraction of sp³-hybridized carbons (Fsp3) is 0.400. The Balaban J connectivity index is 2.13. The van der Waals surface area contributed by atoms with E-state index in [4.69, 9.17) is 27.9 Å². The van der Waals surface area contributed by atoms with E-state index in [1.54, 1.807) is 0 Å². The van der Waals surface area contributed by atoms with Crippen LogP contribution in [0.5, 0.6) is 0 Å². The smallest absolute Gasteiger partial charge is 0.110 e. The van der Waals surface area contributed by atoms with Crippen molar-refractivity contribution in [2.24, 2.45) is 0 Å². The van der Waals surface area contributed by atoms with Crippen molar-refractivity contribution in [2.75, 3.05) is 6.61 Å². The number of rotatable bonds is 5. The first-order valence-corrected chi connectivity index (χ1v) is 5.06. The predicted molar refractivity (Wildman–Crippen MR) is 56.2 cm³/mol. The summed E-state index contributed by atoms with van der Waals surface area (Å²) in [6.45, 7) is 1.23. The van der Waals surface area contributed by atoms with E-state index in [1.165, 1.54) is 5.56 Å². The quantitative estimate of drug-likeness (QED) is 0.544. The molecule has 0 atom stereocenters. The molecule has 0 heterocycles. The summed E-state index contributed by atoms with van der Waals surface area (Å²) in [5.41, 5.74) is 1.17. The molecule has 0 radical (unpaired) electrons. The number of alkyl halides is 2. The molecular formula is C10H12Cl2O. The zero-order valence-corrected chi connectivity index (χ0v) is 8.76. The van der Waals surface area contributed by atoms with E-state index in [1.807, 2.05) is 30.3 Å². The van der Waals surface area contributed by atoms with Gasteiger partial charge in [0.2, 0.25) is 0 Å². The lowest BCUT2D eigenvalue weighted by Crippen LogP contribution is -1.99. The van der Waals surface area contributed by atoms with Gasteiger partial charge in [0.25, 0.3) is 0 Å². The largest absolute Gasteiger partial charge is 0.377 e. The summed E-state index contributed by atoms with van der Waals surface area (Å²) in [5.74, 6) is 0. The van der Waals surface area contributed by atoms with E-state index in [-0.39, 0.29) is 4.84 Å². The molecular weight excluding hydrogens is 207 g/mol. The molecule has 1 aromatic carbocycles. The maximum atomic E-state index is 5.54. The Labute approximate surface area is 88.6 Å². The minimum absolute atomic E-state index is 0.323. The van der Waals surface area contributed by atoms with Gasteiger partial charge in [0.1, 0.15) is 4.84 Å². The van der Waals surface area contributed by atoms with Crippen LogP contribution in [0.4, 0.5) is 0 Å². The molecule has 0 fully saturated rings. The average molecular weight is 219 g/mol. The number of benzene rings is 1.